The van der Waals surface area contributed by atoms with E-state index in [0.717, 1.165) is 0 Å². The van der Waals surface area contributed by atoms with E-state index in [-0.39, 0.29) is 0 Å². The van der Waals surface area contributed by atoms with E-state index < -0.39 is 16.6 Å². The number of benzene rings is 1. The summed E-state index contributed by atoms with van der Waals surface area (Å²) in [6.07, 6.45) is 0. The zero-order chi connectivity index (χ0) is 13.8. The molecule has 102 valence electrons. The van der Waals surface area contributed by atoms with E-state index >= 15 is 0 Å². The summed E-state index contributed by atoms with van der Waals surface area (Å²) in [6.45, 7) is 2.27. The molecule has 1 heterocycles. The molecule has 1 aromatic heterocycles. The number of nitrogens with zero attached hydrogens (tertiary/aromatic N) is 4. The number of rotatable bonds is 5. The summed E-state index contributed by atoms with van der Waals surface area (Å²) in [4.78, 5) is 0. The summed E-state index contributed by atoms with van der Waals surface area (Å²) < 4.78 is 26.2. The molecule has 19 heavy (non-hydrogen) atoms. The van der Waals surface area contributed by atoms with E-state index in [1.54, 1.807) is 6.07 Å². The molecular formula is C11H14FN5OS. The number of nitrogens with two attached hydrogens (primary N) is 1. The molecule has 0 aliphatic heterocycles. The maximum absolute atomic E-state index is 13.3. The Morgan fingerprint density at radius 2 is 2.21 bits per heavy atom. The highest BCUT2D eigenvalue weighted by Crippen LogP contribution is 2.20. The number of hydrogen-bond acceptors (Lipinski definition) is 5. The number of halogens is 1. The molecule has 1 atom stereocenters. The Kier molecular flexibility index (Phi) is 4.20. The Morgan fingerprint density at radius 3 is 2.89 bits per heavy atom. The molecule has 2 rings (SSSR count). The zero-order valence-electron chi connectivity index (χ0n) is 10.4. The Bertz CT molecular complexity index is 580. The molecule has 0 radical (unpaired) electrons. The number of aryl methyl sites for hydroxylation is 1. The quantitative estimate of drug-likeness (QED) is 0.821. The molecule has 0 bridgehead atoms. The van der Waals surface area contributed by atoms with Gasteiger partial charge in [-0.1, -0.05) is 6.92 Å². The van der Waals surface area contributed by atoms with Crippen LogP contribution in [-0.4, -0.2) is 35.9 Å². The van der Waals surface area contributed by atoms with Crippen molar-refractivity contribution in [3.63, 3.8) is 0 Å². The summed E-state index contributed by atoms with van der Waals surface area (Å²) in [5.41, 5.74) is 6.40. The highest BCUT2D eigenvalue weighted by atomic mass is 32.2. The first kappa shape index (κ1) is 13.6. The molecule has 1 unspecified atom stereocenters. The van der Waals surface area contributed by atoms with Gasteiger partial charge in [0.1, 0.15) is 5.82 Å². The minimum absolute atomic E-state index is 0.307. The monoisotopic (exact) mass is 283 g/mol. The van der Waals surface area contributed by atoms with Gasteiger partial charge in [0.2, 0.25) is 0 Å². The van der Waals surface area contributed by atoms with Gasteiger partial charge < -0.3 is 5.73 Å². The molecule has 0 aliphatic rings. The average molecular weight is 283 g/mol. The molecule has 0 amide bonds. The lowest BCUT2D eigenvalue weighted by atomic mass is 10.2. The van der Waals surface area contributed by atoms with Crippen LogP contribution in [0.15, 0.2) is 18.2 Å². The average Bonchev–Trinajstić information content (AvgIpc) is 2.83. The Morgan fingerprint density at radius 1 is 1.42 bits per heavy atom. The minimum atomic E-state index is -0.900. The molecule has 8 heteroatoms. The lowest BCUT2D eigenvalue weighted by molar-refractivity contribution is 0.620. The van der Waals surface area contributed by atoms with Crippen LogP contribution in [0.4, 0.5) is 10.1 Å². The van der Waals surface area contributed by atoms with Crippen molar-refractivity contribution in [3.8, 4) is 11.4 Å². The second kappa shape index (κ2) is 5.87. The molecule has 2 aromatic rings. The van der Waals surface area contributed by atoms with E-state index in [9.17, 15) is 8.60 Å². The fraction of sp³-hybridized carbons (Fsp3) is 0.364. The van der Waals surface area contributed by atoms with Crippen LogP contribution < -0.4 is 5.73 Å². The zero-order valence-corrected chi connectivity index (χ0v) is 11.2. The van der Waals surface area contributed by atoms with Crippen molar-refractivity contribution in [2.24, 2.45) is 0 Å². The van der Waals surface area contributed by atoms with Crippen LogP contribution in [0.3, 0.4) is 0 Å². The molecule has 0 saturated heterocycles. The standard InChI is InChI=1S/C11H14FN5OS/c1-2-19(18)4-3-17-11(14-15-16-17)8-5-9(12)7-10(13)6-8/h5-7H,2-4,13H2,1H3. The second-order valence-corrected chi connectivity index (χ2v) is 5.80. The van der Waals surface area contributed by atoms with E-state index in [1.165, 1.54) is 16.8 Å². The van der Waals surface area contributed by atoms with E-state index in [4.69, 9.17) is 5.73 Å². The van der Waals surface area contributed by atoms with E-state index in [0.29, 0.717) is 35.1 Å². The van der Waals surface area contributed by atoms with Crippen LogP contribution in [0.2, 0.25) is 0 Å². The third kappa shape index (κ3) is 3.34. The van der Waals surface area contributed by atoms with Crippen molar-refractivity contribution in [2.45, 2.75) is 13.5 Å². The largest absolute Gasteiger partial charge is 0.399 e. The molecule has 0 saturated carbocycles. The van der Waals surface area contributed by atoms with Gasteiger partial charge in [-0.2, -0.15) is 0 Å². The highest BCUT2D eigenvalue weighted by molar-refractivity contribution is 7.84. The molecule has 0 aliphatic carbocycles. The lowest BCUT2D eigenvalue weighted by Crippen LogP contribution is -2.11. The van der Waals surface area contributed by atoms with Crippen molar-refractivity contribution < 1.29 is 8.60 Å². The second-order valence-electron chi connectivity index (χ2n) is 3.93. The van der Waals surface area contributed by atoms with Gasteiger partial charge in [-0.05, 0) is 28.6 Å². The fourth-order valence-electron chi connectivity index (χ4n) is 1.64. The topological polar surface area (TPSA) is 86.7 Å². The maximum Gasteiger partial charge on any atom is 0.182 e. The number of tetrazole rings is 1. The fourth-order valence-corrected chi connectivity index (χ4v) is 2.30. The van der Waals surface area contributed by atoms with Gasteiger partial charge >= 0.3 is 0 Å². The summed E-state index contributed by atoms with van der Waals surface area (Å²) in [6, 6.07) is 4.14. The predicted octanol–water partition coefficient (Wildman–Crippen LogP) is 0.830. The molecule has 0 spiro atoms. The third-order valence-corrected chi connectivity index (χ3v) is 3.84. The van der Waals surface area contributed by atoms with Gasteiger partial charge in [0.05, 0.1) is 6.54 Å². The van der Waals surface area contributed by atoms with Gasteiger partial charge in [0, 0.05) is 33.6 Å². The number of anilines is 1. The third-order valence-electron chi connectivity index (χ3n) is 2.56. The number of aromatic nitrogens is 4. The van der Waals surface area contributed by atoms with E-state index in [2.05, 4.69) is 15.5 Å². The van der Waals surface area contributed by atoms with Crippen molar-refractivity contribution >= 4 is 16.5 Å². The Hall–Kier alpha value is -1.83. The van der Waals surface area contributed by atoms with Crippen LogP contribution in [0.25, 0.3) is 11.4 Å². The van der Waals surface area contributed by atoms with Crippen molar-refractivity contribution in [2.75, 3.05) is 17.2 Å². The summed E-state index contributed by atoms with van der Waals surface area (Å²) in [5.74, 6) is 1.02. The Labute approximate surface area is 112 Å². The number of hydrogen-bond donors (Lipinski definition) is 1. The highest BCUT2D eigenvalue weighted by Gasteiger charge is 2.11. The Balaban J connectivity index is 2.25. The molecule has 1 aromatic carbocycles. The maximum atomic E-state index is 13.3. The summed E-state index contributed by atoms with van der Waals surface area (Å²) in [7, 11) is -0.900. The first-order valence-electron chi connectivity index (χ1n) is 5.77. The normalized spacial score (nSPS) is 12.5. The molecular weight excluding hydrogens is 269 g/mol. The van der Waals surface area contributed by atoms with Gasteiger partial charge in [-0.3, -0.25) is 4.21 Å². The van der Waals surface area contributed by atoms with Crippen molar-refractivity contribution in [3.05, 3.63) is 24.0 Å². The van der Waals surface area contributed by atoms with Crippen LogP contribution >= 0.6 is 0 Å². The predicted molar refractivity (Wildman–Crippen MR) is 71.2 cm³/mol. The van der Waals surface area contributed by atoms with Crippen molar-refractivity contribution in [1.82, 2.24) is 20.2 Å². The van der Waals surface area contributed by atoms with Gasteiger partial charge in [0.15, 0.2) is 5.82 Å². The van der Waals surface area contributed by atoms with Gasteiger partial charge in [-0.15, -0.1) is 5.10 Å². The summed E-state index contributed by atoms with van der Waals surface area (Å²) in [5, 5.41) is 11.2. The smallest absolute Gasteiger partial charge is 0.182 e. The van der Waals surface area contributed by atoms with Crippen LogP contribution in [0.5, 0.6) is 0 Å². The molecule has 2 N–H and O–H groups in total. The van der Waals surface area contributed by atoms with Crippen LogP contribution in [0.1, 0.15) is 6.92 Å². The number of nitrogen functional groups attached to an aromatic ring is 1. The van der Waals surface area contributed by atoms with Crippen molar-refractivity contribution in [1.29, 1.82) is 0 Å². The minimum Gasteiger partial charge on any atom is -0.399 e. The van der Waals surface area contributed by atoms with Gasteiger partial charge in [0.25, 0.3) is 0 Å². The summed E-state index contributed by atoms with van der Waals surface area (Å²) >= 11 is 0. The first-order valence-corrected chi connectivity index (χ1v) is 7.26. The van der Waals surface area contributed by atoms with E-state index in [1.807, 2.05) is 6.92 Å². The van der Waals surface area contributed by atoms with Crippen LogP contribution in [-0.2, 0) is 17.3 Å². The van der Waals surface area contributed by atoms with Crippen LogP contribution in [0, 0.1) is 5.82 Å². The SMILES string of the molecule is CCS(=O)CCn1nnnc1-c1cc(N)cc(F)c1. The lowest BCUT2D eigenvalue weighted by Gasteiger charge is -2.05. The van der Waals surface area contributed by atoms with Gasteiger partial charge in [-0.25, -0.2) is 9.07 Å². The first-order chi connectivity index (χ1) is 9.10. The molecule has 0 fully saturated rings. The molecule has 6 nitrogen and oxygen atoms in total.